The predicted molar refractivity (Wildman–Crippen MR) is 101 cm³/mol. The third-order valence-corrected chi connectivity index (χ3v) is 4.52. The molecule has 140 valence electrons. The number of carbonyl (C=O) groups is 2. The van der Waals surface area contributed by atoms with Gasteiger partial charge in [0.15, 0.2) is 0 Å². The van der Waals surface area contributed by atoms with Gasteiger partial charge in [0.1, 0.15) is 17.4 Å². The number of aryl methyl sites for hydroxylation is 3. The number of carboxylic acid groups (broad SMARTS) is 1. The number of amides is 1. The monoisotopic (exact) mass is 366 g/mol. The Kier molecular flexibility index (Phi) is 5.12. The van der Waals surface area contributed by atoms with Gasteiger partial charge in [-0.05, 0) is 31.5 Å². The van der Waals surface area contributed by atoms with E-state index in [0.717, 1.165) is 17.0 Å². The van der Waals surface area contributed by atoms with Crippen LogP contribution in [0.15, 0.2) is 48.7 Å². The van der Waals surface area contributed by atoms with Crippen molar-refractivity contribution in [2.75, 3.05) is 0 Å². The Balaban J connectivity index is 1.89. The summed E-state index contributed by atoms with van der Waals surface area (Å²) in [7, 11) is 1.75. The van der Waals surface area contributed by atoms with Crippen LogP contribution in [-0.4, -0.2) is 37.4 Å². The van der Waals surface area contributed by atoms with Gasteiger partial charge in [-0.25, -0.2) is 4.79 Å². The summed E-state index contributed by atoms with van der Waals surface area (Å²) in [6.07, 6.45) is 1.67. The van der Waals surface area contributed by atoms with Gasteiger partial charge in [0.25, 0.3) is 5.91 Å². The summed E-state index contributed by atoms with van der Waals surface area (Å²) in [4.78, 5) is 24.5. The van der Waals surface area contributed by atoms with Crippen LogP contribution < -0.4 is 5.32 Å². The quantitative estimate of drug-likeness (QED) is 0.700. The Hall–Kier alpha value is -3.35. The number of hydrogen-bond acceptors (Lipinski definition) is 3. The first kappa shape index (κ1) is 18.4. The maximum Gasteiger partial charge on any atom is 0.326 e. The van der Waals surface area contributed by atoms with Gasteiger partial charge in [-0.3, -0.25) is 9.48 Å². The lowest BCUT2D eigenvalue weighted by molar-refractivity contribution is -0.139. The molecule has 7 nitrogen and oxygen atoms in total. The molecule has 0 aliphatic heterocycles. The van der Waals surface area contributed by atoms with Crippen LogP contribution in [0.1, 0.15) is 27.3 Å². The van der Waals surface area contributed by atoms with Gasteiger partial charge in [-0.1, -0.05) is 30.3 Å². The molecular weight excluding hydrogens is 344 g/mol. The molecule has 0 aliphatic carbocycles. The standard InChI is InChI=1S/C20H22N4O3/c1-13-9-10-14(2)24(13)19-16(12-21-23(19)3)18(25)22-17(20(26)27)11-15-7-5-4-6-8-15/h4-10,12,17H,11H2,1-3H3,(H,22,25)(H,26,27). The highest BCUT2D eigenvalue weighted by atomic mass is 16.4. The van der Waals surface area contributed by atoms with Gasteiger partial charge in [-0.15, -0.1) is 0 Å². The lowest BCUT2D eigenvalue weighted by Gasteiger charge is -2.16. The van der Waals surface area contributed by atoms with E-state index in [9.17, 15) is 14.7 Å². The minimum atomic E-state index is -1.08. The molecule has 3 aromatic rings. The van der Waals surface area contributed by atoms with E-state index in [4.69, 9.17) is 0 Å². The van der Waals surface area contributed by atoms with Crippen LogP contribution in [-0.2, 0) is 18.3 Å². The van der Waals surface area contributed by atoms with Crippen molar-refractivity contribution in [3.05, 3.63) is 71.2 Å². The van der Waals surface area contributed by atoms with Crippen molar-refractivity contribution in [2.45, 2.75) is 26.3 Å². The van der Waals surface area contributed by atoms with E-state index in [1.165, 1.54) is 6.20 Å². The molecule has 1 atom stereocenters. The Morgan fingerprint density at radius 3 is 2.33 bits per heavy atom. The van der Waals surface area contributed by atoms with Crippen LogP contribution in [0.3, 0.4) is 0 Å². The first-order chi connectivity index (χ1) is 12.9. The SMILES string of the molecule is Cc1ccc(C)n1-c1c(C(=O)NC(Cc2ccccc2)C(=O)O)cnn1C. The topological polar surface area (TPSA) is 89.2 Å². The summed E-state index contributed by atoms with van der Waals surface area (Å²) in [6, 6.07) is 12.1. The van der Waals surface area contributed by atoms with Gasteiger partial charge in [0.05, 0.1) is 6.20 Å². The first-order valence-corrected chi connectivity index (χ1v) is 8.63. The van der Waals surface area contributed by atoms with E-state index in [2.05, 4.69) is 10.4 Å². The van der Waals surface area contributed by atoms with Crippen molar-refractivity contribution in [2.24, 2.45) is 7.05 Å². The summed E-state index contributed by atoms with van der Waals surface area (Å²) in [5.74, 6) is -0.934. The van der Waals surface area contributed by atoms with E-state index in [1.807, 2.05) is 60.9 Å². The second-order valence-corrected chi connectivity index (χ2v) is 6.51. The van der Waals surface area contributed by atoms with Gasteiger partial charge in [0.2, 0.25) is 0 Å². The third kappa shape index (κ3) is 3.76. The van der Waals surface area contributed by atoms with E-state index < -0.39 is 17.9 Å². The summed E-state index contributed by atoms with van der Waals surface area (Å²) in [5.41, 5.74) is 3.10. The summed E-state index contributed by atoms with van der Waals surface area (Å²) < 4.78 is 3.54. The van der Waals surface area contributed by atoms with Crippen molar-refractivity contribution in [1.82, 2.24) is 19.7 Å². The Labute approximate surface area is 157 Å². The van der Waals surface area contributed by atoms with Crippen LogP contribution in [0.25, 0.3) is 5.82 Å². The highest BCUT2D eigenvalue weighted by Crippen LogP contribution is 2.20. The molecule has 1 unspecified atom stereocenters. The highest BCUT2D eigenvalue weighted by Gasteiger charge is 2.25. The lowest BCUT2D eigenvalue weighted by Crippen LogP contribution is -2.42. The molecule has 2 aromatic heterocycles. The van der Waals surface area contributed by atoms with Crippen molar-refractivity contribution in [3.8, 4) is 5.82 Å². The number of carboxylic acids is 1. The van der Waals surface area contributed by atoms with E-state index in [0.29, 0.717) is 11.4 Å². The van der Waals surface area contributed by atoms with Crippen molar-refractivity contribution >= 4 is 11.9 Å². The average molecular weight is 366 g/mol. The molecule has 2 N–H and O–H groups in total. The Morgan fingerprint density at radius 2 is 1.74 bits per heavy atom. The van der Waals surface area contributed by atoms with Gasteiger partial charge in [-0.2, -0.15) is 5.10 Å². The minimum absolute atomic E-state index is 0.207. The highest BCUT2D eigenvalue weighted by molar-refractivity contribution is 5.99. The maximum atomic E-state index is 12.9. The number of carbonyl (C=O) groups excluding carboxylic acids is 1. The van der Waals surface area contributed by atoms with Gasteiger partial charge >= 0.3 is 5.97 Å². The van der Waals surface area contributed by atoms with Crippen molar-refractivity contribution in [3.63, 3.8) is 0 Å². The van der Waals surface area contributed by atoms with E-state index in [-0.39, 0.29) is 6.42 Å². The molecule has 0 bridgehead atoms. The molecule has 1 aromatic carbocycles. The summed E-state index contributed by atoms with van der Waals surface area (Å²) >= 11 is 0. The first-order valence-electron chi connectivity index (χ1n) is 8.63. The zero-order valence-corrected chi connectivity index (χ0v) is 15.5. The van der Waals surface area contributed by atoms with E-state index in [1.54, 1.807) is 11.7 Å². The van der Waals surface area contributed by atoms with Crippen LogP contribution in [0.5, 0.6) is 0 Å². The summed E-state index contributed by atoms with van der Waals surface area (Å²) in [5, 5.41) is 16.4. The van der Waals surface area contributed by atoms with Crippen LogP contribution in [0.4, 0.5) is 0 Å². The predicted octanol–water partition coefficient (Wildman–Crippen LogP) is 2.25. The van der Waals surface area contributed by atoms with Crippen molar-refractivity contribution < 1.29 is 14.7 Å². The van der Waals surface area contributed by atoms with Gasteiger partial charge < -0.3 is 15.0 Å². The fourth-order valence-electron chi connectivity index (χ4n) is 3.14. The second-order valence-electron chi connectivity index (χ2n) is 6.51. The molecule has 2 heterocycles. The maximum absolute atomic E-state index is 12.9. The number of nitrogens with zero attached hydrogens (tertiary/aromatic N) is 3. The molecule has 0 saturated heterocycles. The number of aromatic nitrogens is 3. The second kappa shape index (κ2) is 7.49. The Bertz CT molecular complexity index is 953. The molecule has 0 spiro atoms. The zero-order valence-electron chi connectivity index (χ0n) is 15.5. The zero-order chi connectivity index (χ0) is 19.6. The fraction of sp³-hybridized carbons (Fsp3) is 0.250. The molecule has 0 saturated carbocycles. The number of aliphatic carboxylic acids is 1. The largest absolute Gasteiger partial charge is 0.480 e. The van der Waals surface area contributed by atoms with Gasteiger partial charge in [0, 0.05) is 24.9 Å². The molecule has 1 amide bonds. The summed E-state index contributed by atoms with van der Waals surface area (Å²) in [6.45, 7) is 3.88. The fourth-order valence-corrected chi connectivity index (χ4v) is 3.14. The third-order valence-electron chi connectivity index (χ3n) is 4.52. The normalized spacial score (nSPS) is 12.0. The van der Waals surface area contributed by atoms with Crippen LogP contribution >= 0.6 is 0 Å². The minimum Gasteiger partial charge on any atom is -0.480 e. The number of nitrogens with one attached hydrogen (secondary N) is 1. The average Bonchev–Trinajstić information content (AvgIpc) is 3.17. The number of rotatable bonds is 6. The molecule has 7 heteroatoms. The lowest BCUT2D eigenvalue weighted by atomic mass is 10.1. The smallest absolute Gasteiger partial charge is 0.326 e. The Morgan fingerprint density at radius 1 is 1.11 bits per heavy atom. The molecule has 0 aliphatic rings. The van der Waals surface area contributed by atoms with E-state index >= 15 is 0 Å². The molecule has 0 fully saturated rings. The van der Waals surface area contributed by atoms with Crippen molar-refractivity contribution in [1.29, 1.82) is 0 Å². The number of benzene rings is 1. The van der Waals surface area contributed by atoms with Crippen LogP contribution in [0, 0.1) is 13.8 Å². The number of hydrogen-bond donors (Lipinski definition) is 2. The molecule has 27 heavy (non-hydrogen) atoms. The molecular formula is C20H22N4O3. The molecule has 3 rings (SSSR count). The van der Waals surface area contributed by atoms with Crippen LogP contribution in [0.2, 0.25) is 0 Å². The molecule has 0 radical (unpaired) electrons.